The minimum Gasteiger partial charge on any atom is -0.545 e. The van der Waals surface area contributed by atoms with E-state index in [-0.39, 0.29) is 35.1 Å². The van der Waals surface area contributed by atoms with Gasteiger partial charge >= 0.3 is 29.6 Å². The molecule has 0 aliphatic rings. The quantitative estimate of drug-likeness (QED) is 0.304. The Kier molecular flexibility index (Phi) is 7.58. The molecule has 3 nitrogen and oxygen atoms in total. The molecule has 0 aromatic heterocycles. The molecule has 0 aromatic carbocycles. The van der Waals surface area contributed by atoms with Crippen LogP contribution in [0.1, 0.15) is 0 Å². The largest absolute Gasteiger partial charge is 1.00 e. The predicted octanol–water partition coefficient (Wildman–Crippen LogP) is -4.14. The number of nitrogens with zero attached hydrogens (tertiary/aromatic N) is 1. The van der Waals surface area contributed by atoms with Crippen LogP contribution in [0.15, 0.2) is 12.2 Å². The number of hydrogen-bond acceptors (Lipinski definition) is 3. The zero-order valence-electron chi connectivity index (χ0n) is 6.68. The first-order valence-corrected chi connectivity index (χ1v) is 2.58. The molecule has 0 saturated heterocycles. The molecule has 0 fully saturated rings. The maximum Gasteiger partial charge on any atom is 1.00 e. The Bertz CT molecular complexity index is 134. The molecule has 0 spiro atoms. The standard InChI is InChI=1S/C6H11NO2.Na/c1-5(6(8)9)4-7(2)3;/h1,4H2,2-3H3,(H,8,9);/q;+1/p-1. The molecular weight excluding hydrogens is 141 g/mol. The van der Waals surface area contributed by atoms with Crippen LogP contribution in [-0.2, 0) is 4.79 Å². The van der Waals surface area contributed by atoms with Gasteiger partial charge in [0.2, 0.25) is 0 Å². The third kappa shape index (κ3) is 6.29. The van der Waals surface area contributed by atoms with Gasteiger partial charge < -0.3 is 14.8 Å². The Hall–Kier alpha value is 0.170. The van der Waals surface area contributed by atoms with Crippen molar-refractivity contribution < 1.29 is 39.5 Å². The minimum absolute atomic E-state index is 0. The second-order valence-corrected chi connectivity index (χ2v) is 2.13. The predicted molar refractivity (Wildman–Crippen MR) is 32.7 cm³/mol. The number of likely N-dealkylation sites (N-methyl/N-ethyl adjacent to an activating group) is 1. The van der Waals surface area contributed by atoms with Crippen molar-refractivity contribution >= 4 is 5.97 Å². The summed E-state index contributed by atoms with van der Waals surface area (Å²) in [7, 11) is 3.54. The van der Waals surface area contributed by atoms with Crippen LogP contribution in [0.3, 0.4) is 0 Å². The SMILES string of the molecule is C=C(CN(C)C)C(=O)[O-].[Na+]. The molecule has 0 radical (unpaired) electrons. The van der Waals surface area contributed by atoms with Crippen molar-refractivity contribution in [2.75, 3.05) is 20.6 Å². The van der Waals surface area contributed by atoms with Crippen LogP contribution in [0, 0.1) is 0 Å². The fourth-order valence-electron chi connectivity index (χ4n) is 0.446. The summed E-state index contributed by atoms with van der Waals surface area (Å²) in [5.74, 6) is -1.18. The van der Waals surface area contributed by atoms with E-state index in [4.69, 9.17) is 0 Å². The zero-order chi connectivity index (χ0) is 7.44. The Balaban J connectivity index is 0. The topological polar surface area (TPSA) is 43.4 Å². The Labute approximate surface area is 83.0 Å². The fourth-order valence-corrected chi connectivity index (χ4v) is 0.446. The van der Waals surface area contributed by atoms with Crippen molar-refractivity contribution in [3.8, 4) is 0 Å². The van der Waals surface area contributed by atoms with Crippen LogP contribution >= 0.6 is 0 Å². The Morgan fingerprint density at radius 1 is 1.60 bits per heavy atom. The van der Waals surface area contributed by atoms with Crippen molar-refractivity contribution in [1.29, 1.82) is 0 Å². The first kappa shape index (κ1) is 12.8. The van der Waals surface area contributed by atoms with Gasteiger partial charge in [-0.3, -0.25) is 0 Å². The van der Waals surface area contributed by atoms with E-state index in [0.29, 0.717) is 6.54 Å². The van der Waals surface area contributed by atoms with Gasteiger partial charge in [-0.25, -0.2) is 0 Å². The molecule has 52 valence electrons. The first-order valence-electron chi connectivity index (χ1n) is 2.58. The van der Waals surface area contributed by atoms with Crippen molar-refractivity contribution in [3.63, 3.8) is 0 Å². The fraction of sp³-hybridized carbons (Fsp3) is 0.500. The van der Waals surface area contributed by atoms with Gasteiger partial charge in [-0.05, 0) is 19.7 Å². The van der Waals surface area contributed by atoms with E-state index < -0.39 is 5.97 Å². The summed E-state index contributed by atoms with van der Waals surface area (Å²) in [4.78, 5) is 11.7. The number of carboxylic acid groups (broad SMARTS) is 1. The van der Waals surface area contributed by atoms with E-state index in [0.717, 1.165) is 0 Å². The molecule has 0 atom stereocenters. The number of aliphatic carboxylic acids is 1. The summed E-state index contributed by atoms with van der Waals surface area (Å²) in [5.41, 5.74) is 0.111. The Morgan fingerprint density at radius 3 is 2.10 bits per heavy atom. The molecule has 0 aliphatic carbocycles. The first-order chi connectivity index (χ1) is 4.04. The number of rotatable bonds is 3. The van der Waals surface area contributed by atoms with Gasteiger partial charge in [0.05, 0.1) is 5.97 Å². The van der Waals surface area contributed by atoms with Crippen LogP contribution in [0.2, 0.25) is 0 Å². The van der Waals surface area contributed by atoms with Gasteiger partial charge in [0.25, 0.3) is 0 Å². The average molecular weight is 151 g/mol. The molecule has 0 aliphatic heterocycles. The molecule has 0 N–H and O–H groups in total. The summed E-state index contributed by atoms with van der Waals surface area (Å²) < 4.78 is 0. The normalized spacial score (nSPS) is 8.70. The monoisotopic (exact) mass is 151 g/mol. The van der Waals surface area contributed by atoms with Gasteiger partial charge in [-0.1, -0.05) is 6.58 Å². The van der Waals surface area contributed by atoms with Crippen LogP contribution < -0.4 is 34.7 Å². The third-order valence-electron chi connectivity index (χ3n) is 0.796. The Morgan fingerprint density at radius 2 is 2.00 bits per heavy atom. The number of carbonyl (C=O) groups excluding carboxylic acids is 1. The zero-order valence-corrected chi connectivity index (χ0v) is 8.68. The average Bonchev–Trinajstić information content (AvgIpc) is 1.63. The third-order valence-corrected chi connectivity index (χ3v) is 0.796. The van der Waals surface area contributed by atoms with Crippen molar-refractivity contribution in [2.24, 2.45) is 0 Å². The van der Waals surface area contributed by atoms with Gasteiger partial charge in [0.1, 0.15) is 0 Å². The number of carbonyl (C=O) groups is 1. The van der Waals surface area contributed by atoms with Crippen molar-refractivity contribution in [2.45, 2.75) is 0 Å². The maximum absolute atomic E-state index is 10.00. The van der Waals surface area contributed by atoms with Crippen LogP contribution in [0.5, 0.6) is 0 Å². The summed E-state index contributed by atoms with van der Waals surface area (Å²) in [6.07, 6.45) is 0. The van der Waals surface area contributed by atoms with E-state index in [1.54, 1.807) is 19.0 Å². The summed E-state index contributed by atoms with van der Waals surface area (Å²) in [6.45, 7) is 3.64. The molecule has 0 heterocycles. The van der Waals surface area contributed by atoms with Gasteiger partial charge in [0.15, 0.2) is 0 Å². The van der Waals surface area contributed by atoms with Crippen molar-refractivity contribution in [3.05, 3.63) is 12.2 Å². The van der Waals surface area contributed by atoms with E-state index in [1.165, 1.54) is 0 Å². The number of hydrogen-bond donors (Lipinski definition) is 0. The molecule has 0 bridgehead atoms. The van der Waals surface area contributed by atoms with E-state index in [9.17, 15) is 9.90 Å². The van der Waals surface area contributed by atoms with Gasteiger partial charge in [-0.2, -0.15) is 0 Å². The minimum atomic E-state index is -1.18. The van der Waals surface area contributed by atoms with E-state index in [1.807, 2.05) is 0 Å². The van der Waals surface area contributed by atoms with E-state index in [2.05, 4.69) is 6.58 Å². The molecule has 0 saturated carbocycles. The summed E-state index contributed by atoms with van der Waals surface area (Å²) in [5, 5.41) is 10.00. The molecular formula is C6H10NNaO2. The summed E-state index contributed by atoms with van der Waals surface area (Å²) in [6, 6.07) is 0. The molecule has 4 heteroatoms. The second kappa shape index (κ2) is 5.92. The molecule has 10 heavy (non-hydrogen) atoms. The van der Waals surface area contributed by atoms with Crippen molar-refractivity contribution in [1.82, 2.24) is 4.90 Å². The van der Waals surface area contributed by atoms with Gasteiger partial charge in [-0.15, -0.1) is 0 Å². The second-order valence-electron chi connectivity index (χ2n) is 2.13. The number of carboxylic acids is 1. The maximum atomic E-state index is 10.00. The molecule has 0 aromatic rings. The van der Waals surface area contributed by atoms with Crippen LogP contribution in [0.4, 0.5) is 0 Å². The van der Waals surface area contributed by atoms with Crippen LogP contribution in [-0.4, -0.2) is 31.5 Å². The van der Waals surface area contributed by atoms with E-state index >= 15 is 0 Å². The van der Waals surface area contributed by atoms with Crippen LogP contribution in [0.25, 0.3) is 0 Å². The molecule has 0 amide bonds. The van der Waals surface area contributed by atoms with Gasteiger partial charge in [0, 0.05) is 6.54 Å². The molecule has 0 rings (SSSR count). The molecule has 0 unspecified atom stereocenters. The smallest absolute Gasteiger partial charge is 0.545 e. The summed E-state index contributed by atoms with van der Waals surface area (Å²) >= 11 is 0.